The second-order valence-electron chi connectivity index (χ2n) is 4.75. The predicted octanol–water partition coefficient (Wildman–Crippen LogP) is 3.35. The first-order valence-electron chi connectivity index (χ1n) is 6.55. The summed E-state index contributed by atoms with van der Waals surface area (Å²) < 4.78 is 5.20. The van der Waals surface area contributed by atoms with E-state index in [1.165, 1.54) is 12.0 Å². The Kier molecular flexibility index (Phi) is 4.18. The van der Waals surface area contributed by atoms with Crippen LogP contribution in [0.2, 0.25) is 0 Å². The number of cyclic esters (lactones) is 1. The molecule has 0 N–H and O–H groups in total. The molecule has 92 valence electrons. The monoisotopic (exact) mass is 232 g/mol. The van der Waals surface area contributed by atoms with Crippen LogP contribution >= 0.6 is 0 Å². The van der Waals surface area contributed by atoms with Crippen LogP contribution in [0.1, 0.15) is 38.2 Å². The van der Waals surface area contributed by atoms with Crippen LogP contribution in [-0.2, 0) is 16.0 Å². The maximum atomic E-state index is 11.4. The van der Waals surface area contributed by atoms with E-state index in [-0.39, 0.29) is 18.0 Å². The number of esters is 1. The molecule has 0 aliphatic carbocycles. The number of aryl methyl sites for hydroxylation is 1. The number of carbonyl (C=O) groups excluding carboxylic acids is 1. The number of carbonyl (C=O) groups is 1. The zero-order valence-electron chi connectivity index (χ0n) is 10.4. The molecule has 2 atom stereocenters. The van der Waals surface area contributed by atoms with Crippen LogP contribution in [0, 0.1) is 5.92 Å². The maximum Gasteiger partial charge on any atom is 0.313 e. The summed E-state index contributed by atoms with van der Waals surface area (Å²) in [5.41, 5.74) is 1.31. The molecule has 0 spiro atoms. The van der Waals surface area contributed by atoms with Gasteiger partial charge >= 0.3 is 5.97 Å². The van der Waals surface area contributed by atoms with E-state index in [1.807, 2.05) is 18.2 Å². The molecule has 1 fully saturated rings. The Bertz CT molecular complexity index is 358. The van der Waals surface area contributed by atoms with Gasteiger partial charge in [-0.15, -0.1) is 0 Å². The Balaban J connectivity index is 1.79. The largest absolute Gasteiger partial charge is 0.461 e. The minimum atomic E-state index is 0.00188. The zero-order chi connectivity index (χ0) is 12.1. The first-order chi connectivity index (χ1) is 8.31. The van der Waals surface area contributed by atoms with Gasteiger partial charge in [-0.2, -0.15) is 0 Å². The van der Waals surface area contributed by atoms with Gasteiger partial charge in [0.2, 0.25) is 0 Å². The zero-order valence-corrected chi connectivity index (χ0v) is 10.4. The molecule has 17 heavy (non-hydrogen) atoms. The first kappa shape index (κ1) is 12.2. The van der Waals surface area contributed by atoms with Gasteiger partial charge in [0, 0.05) is 0 Å². The third-order valence-corrected chi connectivity index (χ3v) is 3.45. The highest BCUT2D eigenvalue weighted by molar-refractivity contribution is 5.78. The molecule has 1 aromatic rings. The van der Waals surface area contributed by atoms with Crippen molar-refractivity contribution in [2.24, 2.45) is 5.92 Å². The summed E-state index contributed by atoms with van der Waals surface area (Å²) in [7, 11) is 0. The standard InChI is InChI=1S/C15H20O2/c1-2-3-9-14-13(15(16)17-14)11-10-12-7-5-4-6-8-12/h4-8,13-14H,2-3,9-11H2,1H3/t13-,14+/m1/s1. The van der Waals surface area contributed by atoms with E-state index in [0.29, 0.717) is 0 Å². The molecule has 0 unspecified atom stereocenters. The van der Waals surface area contributed by atoms with Gasteiger partial charge in [0.05, 0.1) is 5.92 Å². The molecule has 2 heteroatoms. The lowest BCUT2D eigenvalue weighted by Gasteiger charge is -2.35. The minimum Gasteiger partial charge on any atom is -0.461 e. The molecule has 1 heterocycles. The van der Waals surface area contributed by atoms with Gasteiger partial charge in [-0.3, -0.25) is 4.79 Å². The molecule has 0 aromatic heterocycles. The van der Waals surface area contributed by atoms with Crippen molar-refractivity contribution < 1.29 is 9.53 Å². The SMILES string of the molecule is CCCC[C@@H]1OC(=O)[C@@H]1CCc1ccccc1. The van der Waals surface area contributed by atoms with Crippen LogP contribution < -0.4 is 0 Å². The normalized spacial score (nSPS) is 23.0. The van der Waals surface area contributed by atoms with E-state index in [4.69, 9.17) is 4.74 Å². The van der Waals surface area contributed by atoms with Crippen molar-refractivity contribution in [3.63, 3.8) is 0 Å². The molecule has 1 aliphatic rings. The number of benzene rings is 1. The summed E-state index contributed by atoms with van der Waals surface area (Å²) in [6, 6.07) is 10.3. The van der Waals surface area contributed by atoms with Crippen LogP contribution in [0.3, 0.4) is 0 Å². The fraction of sp³-hybridized carbons (Fsp3) is 0.533. The smallest absolute Gasteiger partial charge is 0.313 e. The quantitative estimate of drug-likeness (QED) is 0.703. The fourth-order valence-corrected chi connectivity index (χ4v) is 2.33. The molecule has 2 nitrogen and oxygen atoms in total. The van der Waals surface area contributed by atoms with Crippen molar-refractivity contribution in [3.05, 3.63) is 35.9 Å². The van der Waals surface area contributed by atoms with E-state index in [9.17, 15) is 4.79 Å². The molecule has 0 amide bonds. The summed E-state index contributed by atoms with van der Waals surface area (Å²) in [5, 5.41) is 0. The van der Waals surface area contributed by atoms with Gasteiger partial charge in [0.25, 0.3) is 0 Å². The fourth-order valence-electron chi connectivity index (χ4n) is 2.33. The van der Waals surface area contributed by atoms with Gasteiger partial charge in [-0.1, -0.05) is 50.1 Å². The number of unbranched alkanes of at least 4 members (excludes halogenated alkanes) is 1. The van der Waals surface area contributed by atoms with Crippen LogP contribution in [0.25, 0.3) is 0 Å². The highest BCUT2D eigenvalue weighted by atomic mass is 16.6. The van der Waals surface area contributed by atoms with Crippen LogP contribution in [0.4, 0.5) is 0 Å². The van der Waals surface area contributed by atoms with E-state index in [2.05, 4.69) is 19.1 Å². The molecule has 2 rings (SSSR count). The van der Waals surface area contributed by atoms with Gasteiger partial charge in [-0.25, -0.2) is 0 Å². The van der Waals surface area contributed by atoms with Crippen LogP contribution in [0.5, 0.6) is 0 Å². The minimum absolute atomic E-state index is 0.00188. The van der Waals surface area contributed by atoms with E-state index >= 15 is 0 Å². The maximum absolute atomic E-state index is 11.4. The number of hydrogen-bond acceptors (Lipinski definition) is 2. The predicted molar refractivity (Wildman–Crippen MR) is 67.7 cm³/mol. The first-order valence-corrected chi connectivity index (χ1v) is 6.55. The number of hydrogen-bond donors (Lipinski definition) is 0. The van der Waals surface area contributed by atoms with Gasteiger partial charge in [0.1, 0.15) is 6.10 Å². The van der Waals surface area contributed by atoms with Crippen molar-refractivity contribution in [1.82, 2.24) is 0 Å². The van der Waals surface area contributed by atoms with Gasteiger partial charge in [0.15, 0.2) is 0 Å². The Hall–Kier alpha value is -1.31. The van der Waals surface area contributed by atoms with Crippen LogP contribution in [0.15, 0.2) is 30.3 Å². The van der Waals surface area contributed by atoms with Crippen molar-refractivity contribution in [2.45, 2.75) is 45.1 Å². The highest BCUT2D eigenvalue weighted by Crippen LogP contribution is 2.30. The second kappa shape index (κ2) is 5.85. The van der Waals surface area contributed by atoms with Crippen LogP contribution in [-0.4, -0.2) is 12.1 Å². The Morgan fingerprint density at radius 1 is 1.18 bits per heavy atom. The van der Waals surface area contributed by atoms with Gasteiger partial charge in [-0.05, 0) is 24.8 Å². The van der Waals surface area contributed by atoms with Crippen molar-refractivity contribution >= 4 is 5.97 Å². The number of ether oxygens (including phenoxy) is 1. The lowest BCUT2D eigenvalue weighted by atomic mass is 9.87. The average Bonchev–Trinajstić information content (AvgIpc) is 2.35. The molecule has 0 saturated carbocycles. The van der Waals surface area contributed by atoms with E-state index in [0.717, 1.165) is 25.7 Å². The van der Waals surface area contributed by atoms with E-state index < -0.39 is 0 Å². The Morgan fingerprint density at radius 3 is 2.59 bits per heavy atom. The van der Waals surface area contributed by atoms with E-state index in [1.54, 1.807) is 0 Å². The topological polar surface area (TPSA) is 26.3 Å². The molecule has 1 aliphatic heterocycles. The summed E-state index contributed by atoms with van der Waals surface area (Å²) >= 11 is 0. The molecular weight excluding hydrogens is 212 g/mol. The molecule has 0 bridgehead atoms. The summed E-state index contributed by atoms with van der Waals surface area (Å²) in [6.45, 7) is 2.17. The Labute approximate surface area is 103 Å². The Morgan fingerprint density at radius 2 is 1.94 bits per heavy atom. The molecule has 0 radical (unpaired) electrons. The second-order valence-corrected chi connectivity index (χ2v) is 4.75. The van der Waals surface area contributed by atoms with Crippen molar-refractivity contribution in [1.29, 1.82) is 0 Å². The molecule has 1 saturated heterocycles. The number of rotatable bonds is 6. The van der Waals surface area contributed by atoms with Gasteiger partial charge < -0.3 is 4.74 Å². The molecular formula is C15H20O2. The summed E-state index contributed by atoms with van der Waals surface area (Å²) in [4.78, 5) is 11.4. The third-order valence-electron chi connectivity index (χ3n) is 3.45. The summed E-state index contributed by atoms with van der Waals surface area (Å²) in [5.74, 6) is 0.142. The van der Waals surface area contributed by atoms with Crippen molar-refractivity contribution in [2.75, 3.05) is 0 Å². The average molecular weight is 232 g/mol. The third kappa shape index (κ3) is 3.09. The van der Waals surface area contributed by atoms with Crippen molar-refractivity contribution in [3.8, 4) is 0 Å². The lowest BCUT2D eigenvalue weighted by molar-refractivity contribution is -0.185. The summed E-state index contributed by atoms with van der Waals surface area (Å²) in [6.07, 6.45) is 5.44. The lowest BCUT2D eigenvalue weighted by Crippen LogP contribution is -2.45. The molecule has 1 aromatic carbocycles. The highest BCUT2D eigenvalue weighted by Gasteiger charge is 2.40.